The van der Waals surface area contributed by atoms with Crippen LogP contribution in [0.25, 0.3) is 0 Å². The summed E-state index contributed by atoms with van der Waals surface area (Å²) in [6, 6.07) is 0. The minimum atomic E-state index is -0.985. The van der Waals surface area contributed by atoms with Gasteiger partial charge in [-0.2, -0.15) is 0 Å². The van der Waals surface area contributed by atoms with Crippen LogP contribution in [-0.4, -0.2) is 8.07 Å². The fourth-order valence-electron chi connectivity index (χ4n) is 3.02. The zero-order valence-corrected chi connectivity index (χ0v) is 14.0. The molecule has 2 atom stereocenters. The maximum absolute atomic E-state index is 2.60. The highest BCUT2D eigenvalue weighted by Gasteiger charge is 2.28. The second-order valence-corrected chi connectivity index (χ2v) is 12.6. The van der Waals surface area contributed by atoms with Crippen molar-refractivity contribution in [3.05, 3.63) is 18.6 Å². The molecule has 1 radical (unpaired) electrons. The summed E-state index contributed by atoms with van der Waals surface area (Å²) in [5.41, 5.74) is 1.01. The molecule has 0 saturated heterocycles. The topological polar surface area (TPSA) is 0 Å². The Balaban J connectivity index is 2.65. The van der Waals surface area contributed by atoms with Crippen LogP contribution in [0.1, 0.15) is 58.3 Å². The van der Waals surface area contributed by atoms with E-state index in [9.17, 15) is 0 Å². The van der Waals surface area contributed by atoms with Gasteiger partial charge >= 0.3 is 0 Å². The average Bonchev–Trinajstić information content (AvgIpc) is 2.32. The largest absolute Gasteiger partial charge is 0.0885 e. The second kappa shape index (κ2) is 8.19. The molecule has 0 bridgehead atoms. The molecule has 0 heterocycles. The lowest BCUT2D eigenvalue weighted by Crippen LogP contribution is -2.30. The first-order chi connectivity index (χ1) is 8.54. The van der Waals surface area contributed by atoms with E-state index in [1.54, 1.807) is 0 Å². The number of hydrogen-bond donors (Lipinski definition) is 0. The Morgan fingerprint density at radius 2 is 1.83 bits per heavy atom. The molecule has 18 heavy (non-hydrogen) atoms. The predicted octanol–water partition coefficient (Wildman–Crippen LogP) is 6.23. The molecule has 0 aliphatic heterocycles. The summed E-state index contributed by atoms with van der Waals surface area (Å²) >= 11 is 0. The van der Waals surface area contributed by atoms with E-state index in [2.05, 4.69) is 45.1 Å². The molecule has 0 spiro atoms. The van der Waals surface area contributed by atoms with Crippen molar-refractivity contribution in [3.8, 4) is 0 Å². The molecule has 1 aliphatic carbocycles. The van der Waals surface area contributed by atoms with Crippen molar-refractivity contribution in [2.24, 2.45) is 5.92 Å². The summed E-state index contributed by atoms with van der Waals surface area (Å²) in [7, 11) is -0.985. The molecule has 1 fully saturated rings. The van der Waals surface area contributed by atoms with Crippen LogP contribution in [0.15, 0.2) is 12.2 Å². The fourth-order valence-corrected chi connectivity index (χ4v) is 5.07. The van der Waals surface area contributed by atoms with E-state index in [0.29, 0.717) is 0 Å². The molecule has 1 aliphatic rings. The zero-order valence-electron chi connectivity index (χ0n) is 13.0. The lowest BCUT2D eigenvalue weighted by atomic mass is 9.91. The van der Waals surface area contributed by atoms with E-state index in [0.717, 1.165) is 11.5 Å². The van der Waals surface area contributed by atoms with Gasteiger partial charge in [0.15, 0.2) is 0 Å². The van der Waals surface area contributed by atoms with E-state index in [1.807, 2.05) is 0 Å². The summed E-state index contributed by atoms with van der Waals surface area (Å²) < 4.78 is 0. The average molecular weight is 266 g/mol. The summed E-state index contributed by atoms with van der Waals surface area (Å²) in [6.07, 6.45) is 18.7. The van der Waals surface area contributed by atoms with Crippen molar-refractivity contribution >= 4 is 8.07 Å². The van der Waals surface area contributed by atoms with Gasteiger partial charge in [-0.15, -0.1) is 0 Å². The van der Waals surface area contributed by atoms with Crippen LogP contribution in [0.4, 0.5) is 0 Å². The maximum Gasteiger partial charge on any atom is 0.0474 e. The van der Waals surface area contributed by atoms with E-state index in [1.165, 1.54) is 51.4 Å². The standard InChI is InChI=1S/C17H33Si/c1-5-6-12-16-13-10-8-7-9-11-14-17(15-16)18(2,3)4/h6,12-13,16-17H,5,7-11,14-15H2,1-4H3/b12-6+. The van der Waals surface area contributed by atoms with Crippen molar-refractivity contribution in [1.29, 1.82) is 0 Å². The molecule has 105 valence electrons. The molecular formula is C17H33Si. The first-order valence-electron chi connectivity index (χ1n) is 8.04. The minimum Gasteiger partial charge on any atom is -0.0885 e. The number of allylic oxidation sites excluding steroid dienone is 2. The monoisotopic (exact) mass is 265 g/mol. The first kappa shape index (κ1) is 16.0. The van der Waals surface area contributed by atoms with Crippen LogP contribution in [0.5, 0.6) is 0 Å². The first-order valence-corrected chi connectivity index (χ1v) is 11.6. The van der Waals surface area contributed by atoms with Crippen LogP contribution >= 0.6 is 0 Å². The Morgan fingerprint density at radius 3 is 2.50 bits per heavy atom. The molecule has 0 aromatic heterocycles. The smallest absolute Gasteiger partial charge is 0.0474 e. The third-order valence-corrected chi connectivity index (χ3v) is 7.35. The van der Waals surface area contributed by atoms with Gasteiger partial charge in [-0.3, -0.25) is 0 Å². The number of rotatable bonds is 3. The van der Waals surface area contributed by atoms with Gasteiger partial charge < -0.3 is 0 Å². The highest BCUT2D eigenvalue weighted by molar-refractivity contribution is 6.77. The van der Waals surface area contributed by atoms with Crippen molar-refractivity contribution in [2.75, 3.05) is 0 Å². The Bertz CT molecular complexity index is 236. The van der Waals surface area contributed by atoms with Crippen LogP contribution < -0.4 is 0 Å². The van der Waals surface area contributed by atoms with Gasteiger partial charge in [0.2, 0.25) is 0 Å². The number of hydrogen-bond acceptors (Lipinski definition) is 0. The Morgan fingerprint density at radius 1 is 1.11 bits per heavy atom. The summed E-state index contributed by atoms with van der Waals surface area (Å²) in [5.74, 6) is 0.750. The molecule has 1 saturated carbocycles. The normalized spacial score (nSPS) is 28.4. The van der Waals surface area contributed by atoms with Gasteiger partial charge in [0.25, 0.3) is 0 Å². The molecule has 0 N–H and O–H groups in total. The lowest BCUT2D eigenvalue weighted by molar-refractivity contribution is 0.498. The van der Waals surface area contributed by atoms with E-state index in [4.69, 9.17) is 0 Å². The Labute approximate surface area is 116 Å². The fraction of sp³-hybridized carbons (Fsp3) is 0.824. The molecule has 2 unspecified atom stereocenters. The van der Waals surface area contributed by atoms with Crippen molar-refractivity contribution < 1.29 is 0 Å². The van der Waals surface area contributed by atoms with Gasteiger partial charge in [-0.25, -0.2) is 0 Å². The van der Waals surface area contributed by atoms with E-state index < -0.39 is 8.07 Å². The quantitative estimate of drug-likeness (QED) is 0.419. The van der Waals surface area contributed by atoms with Gasteiger partial charge in [-0.1, -0.05) is 70.8 Å². The zero-order chi connectivity index (χ0) is 13.4. The van der Waals surface area contributed by atoms with Crippen LogP contribution in [0.3, 0.4) is 0 Å². The molecule has 1 heteroatoms. The lowest BCUT2D eigenvalue weighted by Gasteiger charge is -2.32. The van der Waals surface area contributed by atoms with Crippen LogP contribution in [0, 0.1) is 12.3 Å². The van der Waals surface area contributed by atoms with Crippen molar-refractivity contribution in [2.45, 2.75) is 83.5 Å². The summed E-state index contributed by atoms with van der Waals surface area (Å²) in [5, 5.41) is 0. The third-order valence-electron chi connectivity index (χ3n) is 4.38. The Kier molecular flexibility index (Phi) is 7.29. The van der Waals surface area contributed by atoms with Gasteiger partial charge in [0.05, 0.1) is 0 Å². The van der Waals surface area contributed by atoms with Crippen molar-refractivity contribution in [1.82, 2.24) is 0 Å². The summed E-state index contributed by atoms with van der Waals surface area (Å²) in [4.78, 5) is 0. The van der Waals surface area contributed by atoms with Crippen LogP contribution in [0.2, 0.25) is 25.2 Å². The molecule has 0 nitrogen and oxygen atoms in total. The molecule has 0 aromatic carbocycles. The Hall–Kier alpha value is -0.0431. The maximum atomic E-state index is 2.60. The second-order valence-electron chi connectivity index (χ2n) is 7.03. The summed E-state index contributed by atoms with van der Waals surface area (Å²) in [6.45, 7) is 9.92. The van der Waals surface area contributed by atoms with Gasteiger partial charge in [-0.05, 0) is 37.1 Å². The molecule has 0 aromatic rings. The highest BCUT2D eigenvalue weighted by Crippen LogP contribution is 2.36. The van der Waals surface area contributed by atoms with E-state index in [-0.39, 0.29) is 0 Å². The predicted molar refractivity (Wildman–Crippen MR) is 86.6 cm³/mol. The van der Waals surface area contributed by atoms with Crippen molar-refractivity contribution in [3.63, 3.8) is 0 Å². The van der Waals surface area contributed by atoms with Crippen LogP contribution in [-0.2, 0) is 0 Å². The van der Waals surface area contributed by atoms with E-state index >= 15 is 0 Å². The molecule has 0 amide bonds. The third kappa shape index (κ3) is 6.22. The van der Waals surface area contributed by atoms with Gasteiger partial charge in [0, 0.05) is 8.07 Å². The SMILES string of the molecule is CC/C=C/C1[CH]CCCCCCC([Si](C)(C)C)C1. The van der Waals surface area contributed by atoms with Gasteiger partial charge in [0.1, 0.15) is 0 Å². The molecule has 1 rings (SSSR count). The molecular weight excluding hydrogens is 232 g/mol. The minimum absolute atomic E-state index is 0.750. The highest BCUT2D eigenvalue weighted by atomic mass is 28.3.